The summed E-state index contributed by atoms with van der Waals surface area (Å²) in [7, 11) is 1.92. The van der Waals surface area contributed by atoms with Gasteiger partial charge in [-0.05, 0) is 56.2 Å². The maximum Gasteiger partial charge on any atom is 0.227 e. The molecule has 3 rings (SSSR count). The summed E-state index contributed by atoms with van der Waals surface area (Å²) >= 11 is 0. The van der Waals surface area contributed by atoms with Crippen molar-refractivity contribution < 1.29 is 4.79 Å². The number of hydrogen-bond acceptors (Lipinski definition) is 3. The molecule has 0 aromatic heterocycles. The molecule has 1 aromatic carbocycles. The van der Waals surface area contributed by atoms with E-state index in [4.69, 9.17) is 5.73 Å². The van der Waals surface area contributed by atoms with Gasteiger partial charge in [-0.3, -0.25) is 4.79 Å². The third-order valence-corrected chi connectivity index (χ3v) is 5.43. The second-order valence-electron chi connectivity index (χ2n) is 6.87. The third-order valence-electron chi connectivity index (χ3n) is 5.43. The molecule has 2 fully saturated rings. The summed E-state index contributed by atoms with van der Waals surface area (Å²) in [5.74, 6) is 1.37. The summed E-state index contributed by atoms with van der Waals surface area (Å²) in [4.78, 5) is 12.7. The smallest absolute Gasteiger partial charge is 0.227 e. The molecule has 2 unspecified atom stereocenters. The van der Waals surface area contributed by atoms with Crippen LogP contribution in [0.25, 0.3) is 0 Å². The zero-order valence-corrected chi connectivity index (χ0v) is 13.3. The summed E-state index contributed by atoms with van der Waals surface area (Å²) in [6, 6.07) is 8.33. The molecule has 0 spiro atoms. The average molecular weight is 301 g/mol. The van der Waals surface area contributed by atoms with Crippen LogP contribution in [-0.2, 0) is 11.3 Å². The SMILES string of the molecule is CNCc1ccccc1NC(=O)C1CC2CCCC(C1)C2N. The molecule has 22 heavy (non-hydrogen) atoms. The fourth-order valence-electron chi connectivity index (χ4n) is 4.22. The number of anilines is 1. The minimum atomic E-state index is 0.123. The highest BCUT2D eigenvalue weighted by molar-refractivity contribution is 5.93. The van der Waals surface area contributed by atoms with Crippen LogP contribution in [-0.4, -0.2) is 19.0 Å². The fraction of sp³-hybridized carbons (Fsp3) is 0.611. The third kappa shape index (κ3) is 3.18. The van der Waals surface area contributed by atoms with E-state index < -0.39 is 0 Å². The van der Waals surface area contributed by atoms with Crippen LogP contribution in [0.5, 0.6) is 0 Å². The molecule has 0 radical (unpaired) electrons. The minimum Gasteiger partial charge on any atom is -0.327 e. The lowest BCUT2D eigenvalue weighted by atomic mass is 9.65. The standard InChI is InChI=1S/C18H27N3O/c1-20-11-14-5-2-3-8-16(14)21-18(22)15-9-12-6-4-7-13(10-15)17(12)19/h2-3,5,8,12-13,15,17,20H,4,6-7,9-11,19H2,1H3,(H,21,22). The second kappa shape index (κ2) is 6.80. The molecule has 0 aliphatic heterocycles. The predicted molar refractivity (Wildman–Crippen MR) is 89.4 cm³/mol. The van der Waals surface area contributed by atoms with Gasteiger partial charge >= 0.3 is 0 Å². The van der Waals surface area contributed by atoms with E-state index in [9.17, 15) is 4.79 Å². The number of fused-ring (bicyclic) bond motifs is 2. The first kappa shape index (κ1) is 15.5. The number of benzene rings is 1. The Kier molecular flexibility index (Phi) is 4.79. The van der Waals surface area contributed by atoms with Gasteiger partial charge in [-0.25, -0.2) is 0 Å². The summed E-state index contributed by atoms with van der Waals surface area (Å²) in [5.41, 5.74) is 8.39. The summed E-state index contributed by atoms with van der Waals surface area (Å²) in [5, 5.41) is 6.30. The Morgan fingerprint density at radius 1 is 1.23 bits per heavy atom. The van der Waals surface area contributed by atoms with Crippen LogP contribution in [0.4, 0.5) is 5.69 Å². The minimum absolute atomic E-state index is 0.123. The molecule has 2 bridgehead atoms. The number of para-hydroxylation sites is 1. The van der Waals surface area contributed by atoms with Crippen LogP contribution >= 0.6 is 0 Å². The van der Waals surface area contributed by atoms with Crippen LogP contribution in [0.2, 0.25) is 0 Å². The van der Waals surface area contributed by atoms with Crippen LogP contribution in [0.15, 0.2) is 24.3 Å². The van der Waals surface area contributed by atoms with Crippen LogP contribution < -0.4 is 16.4 Å². The lowest BCUT2D eigenvalue weighted by Gasteiger charge is -2.43. The van der Waals surface area contributed by atoms with Crippen LogP contribution in [0.3, 0.4) is 0 Å². The van der Waals surface area contributed by atoms with E-state index in [1.807, 2.05) is 25.2 Å². The predicted octanol–water partition coefficient (Wildman–Crippen LogP) is 2.50. The Balaban J connectivity index is 1.68. The lowest BCUT2D eigenvalue weighted by molar-refractivity contribution is -0.122. The maximum atomic E-state index is 12.7. The van der Waals surface area contributed by atoms with Gasteiger partial charge in [-0.15, -0.1) is 0 Å². The molecule has 1 aromatic rings. The molecule has 2 saturated carbocycles. The first-order chi connectivity index (χ1) is 10.7. The number of carbonyl (C=O) groups excluding carboxylic acids is 1. The summed E-state index contributed by atoms with van der Waals surface area (Å²) < 4.78 is 0. The molecule has 4 nitrogen and oxygen atoms in total. The first-order valence-corrected chi connectivity index (χ1v) is 8.48. The molecule has 120 valence electrons. The number of nitrogens with one attached hydrogen (secondary N) is 2. The summed E-state index contributed by atoms with van der Waals surface area (Å²) in [6.45, 7) is 0.761. The van der Waals surface area contributed by atoms with Crippen LogP contribution in [0, 0.1) is 17.8 Å². The normalized spacial score (nSPS) is 30.8. The van der Waals surface area contributed by atoms with Crippen LogP contribution in [0.1, 0.15) is 37.7 Å². The topological polar surface area (TPSA) is 67.1 Å². The monoisotopic (exact) mass is 301 g/mol. The number of nitrogens with two attached hydrogens (primary N) is 1. The van der Waals surface area contributed by atoms with Gasteiger partial charge in [0.15, 0.2) is 0 Å². The lowest BCUT2D eigenvalue weighted by Crippen LogP contribution is -2.48. The Morgan fingerprint density at radius 3 is 2.59 bits per heavy atom. The van der Waals surface area contributed by atoms with Gasteiger partial charge in [0.2, 0.25) is 5.91 Å². The van der Waals surface area contributed by atoms with Gasteiger partial charge in [-0.2, -0.15) is 0 Å². The molecular weight excluding hydrogens is 274 g/mol. The Hall–Kier alpha value is -1.39. The molecule has 2 atom stereocenters. The summed E-state index contributed by atoms with van der Waals surface area (Å²) in [6.07, 6.45) is 5.58. The fourth-order valence-corrected chi connectivity index (χ4v) is 4.22. The molecule has 4 N–H and O–H groups in total. The van der Waals surface area contributed by atoms with Crippen molar-refractivity contribution in [2.75, 3.05) is 12.4 Å². The number of hydrogen-bond donors (Lipinski definition) is 3. The highest BCUT2D eigenvalue weighted by Crippen LogP contribution is 2.42. The van der Waals surface area contributed by atoms with E-state index >= 15 is 0 Å². The van der Waals surface area contributed by atoms with Gasteiger partial charge in [0.25, 0.3) is 0 Å². The molecule has 0 heterocycles. The largest absolute Gasteiger partial charge is 0.327 e. The molecule has 4 heteroatoms. The van der Waals surface area contributed by atoms with E-state index in [2.05, 4.69) is 16.7 Å². The van der Waals surface area contributed by atoms with E-state index in [1.165, 1.54) is 19.3 Å². The highest BCUT2D eigenvalue weighted by Gasteiger charge is 2.40. The van der Waals surface area contributed by atoms with E-state index in [0.717, 1.165) is 30.6 Å². The van der Waals surface area contributed by atoms with Gasteiger partial charge < -0.3 is 16.4 Å². The Bertz CT molecular complexity index is 517. The van der Waals surface area contributed by atoms with Crippen molar-refractivity contribution in [1.29, 1.82) is 0 Å². The van der Waals surface area contributed by atoms with Crippen molar-refractivity contribution in [2.45, 2.75) is 44.7 Å². The zero-order valence-electron chi connectivity index (χ0n) is 13.3. The molecule has 1 amide bonds. The van der Waals surface area contributed by atoms with E-state index in [0.29, 0.717) is 17.9 Å². The highest BCUT2D eigenvalue weighted by atomic mass is 16.1. The van der Waals surface area contributed by atoms with Crippen molar-refractivity contribution in [3.63, 3.8) is 0 Å². The van der Waals surface area contributed by atoms with Gasteiger partial charge in [0.05, 0.1) is 0 Å². The van der Waals surface area contributed by atoms with Gasteiger partial charge in [0.1, 0.15) is 0 Å². The molecule has 2 aliphatic rings. The maximum absolute atomic E-state index is 12.7. The van der Waals surface area contributed by atoms with Gasteiger partial charge in [0, 0.05) is 24.2 Å². The Labute approximate surface area is 132 Å². The van der Waals surface area contributed by atoms with Crippen molar-refractivity contribution in [2.24, 2.45) is 23.5 Å². The van der Waals surface area contributed by atoms with Crippen molar-refractivity contribution in [3.8, 4) is 0 Å². The number of amides is 1. The van der Waals surface area contributed by atoms with Crippen molar-refractivity contribution in [3.05, 3.63) is 29.8 Å². The number of carbonyl (C=O) groups is 1. The van der Waals surface area contributed by atoms with E-state index in [-0.39, 0.29) is 11.8 Å². The molecule has 0 saturated heterocycles. The molecule has 2 aliphatic carbocycles. The van der Waals surface area contributed by atoms with Gasteiger partial charge in [-0.1, -0.05) is 24.6 Å². The second-order valence-corrected chi connectivity index (χ2v) is 6.87. The zero-order chi connectivity index (χ0) is 15.5. The molecular formula is C18H27N3O. The quantitative estimate of drug-likeness (QED) is 0.800. The first-order valence-electron chi connectivity index (χ1n) is 8.48. The number of rotatable bonds is 4. The van der Waals surface area contributed by atoms with Crippen molar-refractivity contribution >= 4 is 11.6 Å². The Morgan fingerprint density at radius 2 is 1.91 bits per heavy atom. The average Bonchev–Trinajstić information content (AvgIpc) is 2.49. The van der Waals surface area contributed by atoms with E-state index in [1.54, 1.807) is 0 Å². The van der Waals surface area contributed by atoms with Crippen molar-refractivity contribution in [1.82, 2.24) is 5.32 Å².